The van der Waals surface area contributed by atoms with E-state index >= 15 is 0 Å². The van der Waals surface area contributed by atoms with Crippen LogP contribution in [0.25, 0.3) is 0 Å². The first kappa shape index (κ1) is 19.4. The van der Waals surface area contributed by atoms with Gasteiger partial charge in [-0.25, -0.2) is 23.5 Å². The van der Waals surface area contributed by atoms with Crippen LogP contribution in [0.4, 0.5) is 5.69 Å². The van der Waals surface area contributed by atoms with Gasteiger partial charge in [-0.1, -0.05) is 18.7 Å². The summed E-state index contributed by atoms with van der Waals surface area (Å²) < 4.78 is 22.5. The van der Waals surface area contributed by atoms with Crippen molar-refractivity contribution >= 4 is 33.4 Å². The molecule has 0 radical (unpaired) electrons. The van der Waals surface area contributed by atoms with E-state index in [-0.39, 0.29) is 16.1 Å². The molecule has 0 unspecified atom stereocenters. The number of carbonyl (C=O) groups is 1. The zero-order valence-electron chi connectivity index (χ0n) is 14.2. The van der Waals surface area contributed by atoms with Crippen molar-refractivity contribution in [3.05, 3.63) is 41.7 Å². The van der Waals surface area contributed by atoms with Gasteiger partial charge in [0.25, 0.3) is 0 Å². The number of anilines is 1. The Hall–Kier alpha value is -1.97. The molecule has 2 rings (SSSR count). The van der Waals surface area contributed by atoms with Gasteiger partial charge in [-0.05, 0) is 50.6 Å². The molecule has 0 saturated heterocycles. The number of primary sulfonamides is 1. The first-order valence-corrected chi connectivity index (χ1v) is 10.0. The van der Waals surface area contributed by atoms with Crippen LogP contribution in [0.15, 0.2) is 40.4 Å². The largest absolute Gasteiger partial charge is 0.325 e. The number of rotatable bonds is 6. The zero-order chi connectivity index (χ0) is 18.6. The van der Waals surface area contributed by atoms with Gasteiger partial charge in [-0.15, -0.1) is 0 Å². The molecule has 0 bridgehead atoms. The number of carbonyl (C=O) groups excluding carboxylic acids is 1. The Morgan fingerprint density at radius 2 is 1.76 bits per heavy atom. The molecule has 1 aromatic carbocycles. The quantitative estimate of drug-likeness (QED) is 0.587. The Labute approximate surface area is 151 Å². The molecule has 3 N–H and O–H groups in total. The number of nitrogens with zero attached hydrogens (tertiary/aromatic N) is 2. The molecule has 25 heavy (non-hydrogen) atoms. The van der Waals surface area contributed by atoms with Gasteiger partial charge in [0.15, 0.2) is 5.16 Å². The van der Waals surface area contributed by atoms with Crippen molar-refractivity contribution in [2.24, 2.45) is 5.14 Å². The summed E-state index contributed by atoms with van der Waals surface area (Å²) in [4.78, 5) is 21.1. The van der Waals surface area contributed by atoms with E-state index in [4.69, 9.17) is 5.14 Å². The number of amides is 1. The highest BCUT2D eigenvalue weighted by molar-refractivity contribution is 8.00. The molecule has 1 amide bonds. The van der Waals surface area contributed by atoms with E-state index < -0.39 is 10.0 Å². The average molecular weight is 380 g/mol. The third-order valence-electron chi connectivity index (χ3n) is 3.32. The number of sulfonamides is 1. The summed E-state index contributed by atoms with van der Waals surface area (Å²) >= 11 is 1.30. The fourth-order valence-corrected chi connectivity index (χ4v) is 3.64. The van der Waals surface area contributed by atoms with Crippen LogP contribution in [0.2, 0.25) is 0 Å². The molecule has 1 aromatic heterocycles. The van der Waals surface area contributed by atoms with Crippen LogP contribution in [0.3, 0.4) is 0 Å². The van der Waals surface area contributed by atoms with Gasteiger partial charge in [-0.3, -0.25) is 4.79 Å². The molecule has 0 fully saturated rings. The maximum Gasteiger partial charge on any atom is 0.238 e. The smallest absolute Gasteiger partial charge is 0.238 e. The monoisotopic (exact) mass is 380 g/mol. The third kappa shape index (κ3) is 5.52. The minimum atomic E-state index is -3.75. The zero-order valence-corrected chi connectivity index (χ0v) is 15.8. The highest BCUT2D eigenvalue weighted by Gasteiger charge is 2.20. The molecular formula is C16H20N4O3S2. The average Bonchev–Trinajstić information content (AvgIpc) is 2.51. The second-order valence-electron chi connectivity index (χ2n) is 5.51. The van der Waals surface area contributed by atoms with Crippen LogP contribution in [0.5, 0.6) is 0 Å². The van der Waals surface area contributed by atoms with E-state index in [1.807, 2.05) is 26.8 Å². The van der Waals surface area contributed by atoms with E-state index in [0.29, 0.717) is 17.3 Å². The summed E-state index contributed by atoms with van der Waals surface area (Å²) in [6.07, 6.45) is 0.599. The molecule has 0 saturated carbocycles. The summed E-state index contributed by atoms with van der Waals surface area (Å²) in [5.74, 6) is -0.196. The standard InChI is InChI=1S/C16H20N4O3S2/c1-4-14(24-16-18-10(2)9-11(3)19-16)15(21)20-12-5-7-13(8-6-12)25(17,22)23/h5-9,14H,4H2,1-3H3,(H,20,21)(H2,17,22,23)/t14-/m1/s1. The normalized spacial score (nSPS) is 12.6. The molecule has 0 aliphatic rings. The van der Waals surface area contributed by atoms with Crippen molar-refractivity contribution in [2.45, 2.75) is 42.5 Å². The molecule has 2 aromatic rings. The summed E-state index contributed by atoms with van der Waals surface area (Å²) in [5, 5.41) is 8.02. The first-order chi connectivity index (χ1) is 11.7. The van der Waals surface area contributed by atoms with Crippen molar-refractivity contribution in [2.75, 3.05) is 5.32 Å². The van der Waals surface area contributed by atoms with Gasteiger partial charge in [-0.2, -0.15) is 0 Å². The SMILES string of the molecule is CC[C@@H](Sc1nc(C)cc(C)n1)C(=O)Nc1ccc(S(N)(=O)=O)cc1. The number of nitrogens with two attached hydrogens (primary N) is 1. The molecule has 0 spiro atoms. The van der Waals surface area contributed by atoms with Crippen LogP contribution in [-0.2, 0) is 14.8 Å². The molecule has 1 heterocycles. The molecule has 0 aliphatic heterocycles. The van der Waals surface area contributed by atoms with Crippen LogP contribution >= 0.6 is 11.8 Å². The number of aromatic nitrogens is 2. The van der Waals surface area contributed by atoms with Crippen LogP contribution in [0, 0.1) is 13.8 Å². The van der Waals surface area contributed by atoms with E-state index in [1.165, 1.54) is 36.0 Å². The molecule has 7 nitrogen and oxygen atoms in total. The molecular weight excluding hydrogens is 360 g/mol. The van der Waals surface area contributed by atoms with Crippen molar-refractivity contribution in [1.82, 2.24) is 9.97 Å². The number of hydrogen-bond acceptors (Lipinski definition) is 6. The summed E-state index contributed by atoms with van der Waals surface area (Å²) in [6.45, 7) is 5.67. The van der Waals surface area contributed by atoms with E-state index in [2.05, 4.69) is 15.3 Å². The third-order valence-corrected chi connectivity index (χ3v) is 5.48. The maximum absolute atomic E-state index is 12.5. The van der Waals surface area contributed by atoms with Gasteiger partial charge in [0.2, 0.25) is 15.9 Å². The topological polar surface area (TPSA) is 115 Å². The van der Waals surface area contributed by atoms with Crippen molar-refractivity contribution in [1.29, 1.82) is 0 Å². The highest BCUT2D eigenvalue weighted by atomic mass is 32.2. The van der Waals surface area contributed by atoms with Gasteiger partial charge >= 0.3 is 0 Å². The Morgan fingerprint density at radius 3 is 2.24 bits per heavy atom. The summed E-state index contributed by atoms with van der Waals surface area (Å²) in [6, 6.07) is 7.58. The fraction of sp³-hybridized carbons (Fsp3) is 0.312. The minimum Gasteiger partial charge on any atom is -0.325 e. The van der Waals surface area contributed by atoms with Gasteiger partial charge in [0.1, 0.15) is 0 Å². The van der Waals surface area contributed by atoms with Crippen molar-refractivity contribution < 1.29 is 13.2 Å². The Kier molecular flexibility index (Phi) is 6.15. The van der Waals surface area contributed by atoms with E-state index in [0.717, 1.165) is 11.4 Å². The first-order valence-electron chi connectivity index (χ1n) is 7.61. The highest BCUT2D eigenvalue weighted by Crippen LogP contribution is 2.24. The Bertz CT molecular complexity index is 847. The lowest BCUT2D eigenvalue weighted by atomic mass is 10.3. The van der Waals surface area contributed by atoms with Crippen molar-refractivity contribution in [3.63, 3.8) is 0 Å². The predicted octanol–water partition coefficient (Wildman–Crippen LogP) is 2.25. The van der Waals surface area contributed by atoms with Crippen LogP contribution < -0.4 is 10.5 Å². The molecule has 134 valence electrons. The maximum atomic E-state index is 12.5. The second-order valence-corrected chi connectivity index (χ2v) is 8.24. The second kappa shape index (κ2) is 7.94. The van der Waals surface area contributed by atoms with Crippen LogP contribution in [-0.4, -0.2) is 29.5 Å². The number of nitrogens with one attached hydrogen (secondary N) is 1. The Balaban J connectivity index is 2.09. The van der Waals surface area contributed by atoms with E-state index in [9.17, 15) is 13.2 Å². The fourth-order valence-electron chi connectivity index (χ4n) is 2.15. The van der Waals surface area contributed by atoms with Crippen molar-refractivity contribution in [3.8, 4) is 0 Å². The van der Waals surface area contributed by atoms with Gasteiger partial charge in [0.05, 0.1) is 10.1 Å². The lowest BCUT2D eigenvalue weighted by molar-refractivity contribution is -0.115. The van der Waals surface area contributed by atoms with E-state index in [1.54, 1.807) is 0 Å². The Morgan fingerprint density at radius 1 is 1.20 bits per heavy atom. The number of benzene rings is 1. The van der Waals surface area contributed by atoms with Gasteiger partial charge in [0, 0.05) is 17.1 Å². The summed E-state index contributed by atoms with van der Waals surface area (Å²) in [7, 11) is -3.75. The van der Waals surface area contributed by atoms with Gasteiger partial charge < -0.3 is 5.32 Å². The molecule has 9 heteroatoms. The molecule has 1 atom stereocenters. The minimum absolute atomic E-state index is 0.00412. The predicted molar refractivity (Wildman–Crippen MR) is 97.9 cm³/mol. The summed E-state index contributed by atoms with van der Waals surface area (Å²) in [5.41, 5.74) is 2.20. The molecule has 0 aliphatic carbocycles. The number of aryl methyl sites for hydroxylation is 2. The van der Waals surface area contributed by atoms with Crippen LogP contribution in [0.1, 0.15) is 24.7 Å². The lowest BCUT2D eigenvalue weighted by Crippen LogP contribution is -2.25. The number of thioether (sulfide) groups is 1. The lowest BCUT2D eigenvalue weighted by Gasteiger charge is -2.14. The number of hydrogen-bond donors (Lipinski definition) is 2.